The molecule has 6 aromatic rings. The second-order valence-corrected chi connectivity index (χ2v) is 17.4. The highest BCUT2D eigenvalue weighted by molar-refractivity contribution is 9.10. The predicted octanol–water partition coefficient (Wildman–Crippen LogP) is 8.07. The van der Waals surface area contributed by atoms with Crippen molar-refractivity contribution in [2.45, 2.75) is 70.6 Å². The van der Waals surface area contributed by atoms with Gasteiger partial charge in [0.2, 0.25) is 21.7 Å². The Labute approximate surface area is 356 Å². The molecule has 0 heterocycles. The van der Waals surface area contributed by atoms with E-state index in [1.807, 2.05) is 19.1 Å². The fourth-order valence-electron chi connectivity index (χ4n) is 8.83. The average Bonchev–Trinajstić information content (AvgIpc) is 3.65. The first kappa shape index (κ1) is 42.2. The molecule has 0 unspecified atom stereocenters. The summed E-state index contributed by atoms with van der Waals surface area (Å²) in [7, 11) is 1.52. The number of methoxy groups -OCH3 is 1. The van der Waals surface area contributed by atoms with E-state index in [2.05, 4.69) is 40.2 Å². The first-order chi connectivity index (χ1) is 28.1. The molecule has 3 fully saturated rings. The zero-order valence-corrected chi connectivity index (χ0v) is 35.3. The lowest BCUT2D eigenvalue weighted by atomic mass is 9.74. The molecule has 9 rings (SSSR count). The number of halogens is 3. The molecule has 0 bridgehead atoms. The molecule has 6 aromatic carbocycles. The Bertz CT molecular complexity index is 2790. The summed E-state index contributed by atoms with van der Waals surface area (Å²) in [4.78, 5) is 78.6. The molecule has 0 amide bonds. The summed E-state index contributed by atoms with van der Waals surface area (Å²) in [6.07, 6.45) is 10.4. The fraction of sp³-hybridized carbons (Fsp3) is 0.326. The molecular weight excluding hydrogens is 863 g/mol. The second kappa shape index (κ2) is 16.6. The number of carbonyl (C=O) groups excluding carboxylic acids is 1. The first-order valence-electron chi connectivity index (χ1n) is 19.4. The van der Waals surface area contributed by atoms with E-state index in [0.29, 0.717) is 50.3 Å². The van der Waals surface area contributed by atoms with E-state index in [-0.39, 0.29) is 21.2 Å². The number of rotatable bonds is 7. The maximum absolute atomic E-state index is 12.9. The van der Waals surface area contributed by atoms with Crippen LogP contribution in [-0.2, 0) is 4.79 Å². The Hall–Kier alpha value is -4.97. The molecule has 3 aliphatic carbocycles. The number of Topliss-reactive ketones (excluding diaryl/α,β-unsaturated/α-hetero) is 1. The number of hydrogen-bond acceptors (Lipinski definition) is 10. The van der Waals surface area contributed by atoms with Gasteiger partial charge in [-0.3, -0.25) is 33.6 Å². The van der Waals surface area contributed by atoms with Gasteiger partial charge in [0.1, 0.15) is 21.6 Å². The highest BCUT2D eigenvalue weighted by atomic mass is 79.9. The Morgan fingerprint density at radius 2 is 1.17 bits per heavy atom. The van der Waals surface area contributed by atoms with E-state index in [1.165, 1.54) is 44.8 Å². The number of aromatic hydroxyl groups is 2. The van der Waals surface area contributed by atoms with Gasteiger partial charge in [-0.2, -0.15) is 0 Å². The molecular formula is C46H39BrCl2O10. The molecule has 1 spiro atoms. The summed E-state index contributed by atoms with van der Waals surface area (Å²) < 4.78 is 5.68. The SMILES string of the molecule is COc1ccc(-c2c(O)c(=O)c2=O)cc1Br.Cc1ccc(-c2c(O)c(=O)c2=O)cc1-c1ccc([C@H]2CC23CCC(C(=O)C2CCCC2)CC3)cc1.O=c1c(Cl)c(Cl)c1=O. The van der Waals surface area contributed by atoms with Crippen LogP contribution in [0.1, 0.15) is 74.8 Å². The largest absolute Gasteiger partial charge is 0.503 e. The van der Waals surface area contributed by atoms with E-state index in [4.69, 9.17) is 27.9 Å². The van der Waals surface area contributed by atoms with Gasteiger partial charge < -0.3 is 14.9 Å². The van der Waals surface area contributed by atoms with Crippen LogP contribution in [-0.4, -0.2) is 23.1 Å². The normalized spacial score (nSPS) is 19.9. The Morgan fingerprint density at radius 3 is 1.66 bits per heavy atom. The van der Waals surface area contributed by atoms with Gasteiger partial charge in [0.15, 0.2) is 11.5 Å². The van der Waals surface area contributed by atoms with Crippen LogP contribution in [0.15, 0.2) is 93.9 Å². The van der Waals surface area contributed by atoms with Crippen LogP contribution in [0.25, 0.3) is 33.4 Å². The fourth-order valence-corrected chi connectivity index (χ4v) is 9.71. The van der Waals surface area contributed by atoms with Gasteiger partial charge in [0, 0.05) is 11.8 Å². The minimum atomic E-state index is -0.832. The van der Waals surface area contributed by atoms with Crippen LogP contribution >= 0.6 is 39.1 Å². The summed E-state index contributed by atoms with van der Waals surface area (Å²) in [6, 6.07) is 19.2. The van der Waals surface area contributed by atoms with E-state index < -0.39 is 44.1 Å². The topological polar surface area (TPSA) is 169 Å². The van der Waals surface area contributed by atoms with Crippen molar-refractivity contribution < 1.29 is 19.7 Å². The van der Waals surface area contributed by atoms with Gasteiger partial charge in [-0.15, -0.1) is 0 Å². The molecule has 3 saturated carbocycles. The third-order valence-electron chi connectivity index (χ3n) is 12.5. The van der Waals surface area contributed by atoms with E-state index in [9.17, 15) is 43.8 Å². The quantitative estimate of drug-likeness (QED) is 0.150. The summed E-state index contributed by atoms with van der Waals surface area (Å²) in [5, 5.41) is 18.8. The van der Waals surface area contributed by atoms with Crippen LogP contribution in [0.4, 0.5) is 0 Å². The standard InChI is InChI=1S/C31H32O4.C11H7BrO4.C4Cl2O2/c1-18-6-7-23(26-28(33)30(35)29(26)34)16-24(18)19-8-10-20(11-9-19)25-17-31(25)14-12-22(13-15-31)27(32)21-4-2-3-5-21;1-16-7-3-2-5(4-6(7)12)8-9(13)11(15)10(8)14;5-1-2(6)4(8)3(1)7/h6-11,16,21-22,25,33H,2-5,12-15,17H2,1H3;2-4,13H,1H3;/t22?,25-,31?;;/m1../s1. The van der Waals surface area contributed by atoms with Crippen LogP contribution in [0.3, 0.4) is 0 Å². The van der Waals surface area contributed by atoms with Crippen LogP contribution in [0.2, 0.25) is 10.0 Å². The smallest absolute Gasteiger partial charge is 0.268 e. The molecule has 2 N–H and O–H groups in total. The molecule has 1 atom stereocenters. The first-order valence-corrected chi connectivity index (χ1v) is 20.9. The molecule has 304 valence electrons. The second-order valence-electron chi connectivity index (χ2n) is 15.8. The average molecular weight is 903 g/mol. The van der Waals surface area contributed by atoms with E-state index >= 15 is 0 Å². The number of benzene rings is 3. The van der Waals surface area contributed by atoms with Crippen molar-refractivity contribution in [1.29, 1.82) is 0 Å². The van der Waals surface area contributed by atoms with Crippen molar-refractivity contribution in [1.82, 2.24) is 0 Å². The molecule has 0 aromatic heterocycles. The van der Waals surface area contributed by atoms with Crippen LogP contribution in [0, 0.1) is 24.2 Å². The van der Waals surface area contributed by atoms with Crippen molar-refractivity contribution in [3.63, 3.8) is 0 Å². The van der Waals surface area contributed by atoms with Gasteiger partial charge in [0.05, 0.1) is 22.7 Å². The number of ether oxygens (including phenoxy) is 1. The minimum absolute atomic E-state index is 0.0633. The maximum Gasteiger partial charge on any atom is 0.268 e. The molecule has 0 saturated heterocycles. The Balaban J connectivity index is 0.000000180. The third kappa shape index (κ3) is 7.80. The summed E-state index contributed by atoms with van der Waals surface area (Å²) >= 11 is 13.5. The molecule has 3 aliphatic rings. The molecule has 10 nitrogen and oxygen atoms in total. The zero-order valence-electron chi connectivity index (χ0n) is 32.2. The van der Waals surface area contributed by atoms with Gasteiger partial charge >= 0.3 is 0 Å². The van der Waals surface area contributed by atoms with Crippen molar-refractivity contribution in [3.05, 3.63) is 148 Å². The summed E-state index contributed by atoms with van der Waals surface area (Å²) in [5.41, 5.74) is 1.89. The maximum atomic E-state index is 12.9. The molecule has 59 heavy (non-hydrogen) atoms. The predicted molar refractivity (Wildman–Crippen MR) is 231 cm³/mol. The van der Waals surface area contributed by atoms with Gasteiger partial charge in [0.25, 0.3) is 10.9 Å². The lowest BCUT2D eigenvalue weighted by Gasteiger charge is -2.30. The minimum Gasteiger partial charge on any atom is -0.503 e. The Morgan fingerprint density at radius 1 is 0.678 bits per heavy atom. The molecule has 0 radical (unpaired) electrons. The number of carbonyl (C=O) groups is 1. The third-order valence-corrected chi connectivity index (χ3v) is 13.9. The molecule has 0 aliphatic heterocycles. The van der Waals surface area contributed by atoms with Crippen LogP contribution in [0.5, 0.6) is 17.2 Å². The van der Waals surface area contributed by atoms with E-state index in [0.717, 1.165) is 42.4 Å². The van der Waals surface area contributed by atoms with Crippen molar-refractivity contribution in [2.24, 2.45) is 17.3 Å². The summed E-state index contributed by atoms with van der Waals surface area (Å²) in [6.45, 7) is 2.02. The summed E-state index contributed by atoms with van der Waals surface area (Å²) in [5.74, 6) is 1.51. The number of aryl methyl sites for hydroxylation is 1. The number of hydrogen-bond donors (Lipinski definition) is 2. The molecule has 13 heteroatoms. The van der Waals surface area contributed by atoms with Gasteiger partial charge in [-0.25, -0.2) is 0 Å². The lowest BCUT2D eigenvalue weighted by Crippen LogP contribution is -2.31. The van der Waals surface area contributed by atoms with Gasteiger partial charge in [-0.1, -0.05) is 78.5 Å². The van der Waals surface area contributed by atoms with Crippen LogP contribution < -0.4 is 37.3 Å². The van der Waals surface area contributed by atoms with Crippen molar-refractivity contribution in [3.8, 4) is 50.6 Å². The van der Waals surface area contributed by atoms with Gasteiger partial charge in [-0.05, 0) is 131 Å². The monoisotopic (exact) mass is 900 g/mol. The van der Waals surface area contributed by atoms with E-state index in [1.54, 1.807) is 24.3 Å². The highest BCUT2D eigenvalue weighted by Crippen LogP contribution is 2.67. The highest BCUT2D eigenvalue weighted by Gasteiger charge is 2.56. The number of ketones is 1. The van der Waals surface area contributed by atoms with Crippen molar-refractivity contribution in [2.75, 3.05) is 7.11 Å². The lowest BCUT2D eigenvalue weighted by molar-refractivity contribution is -0.128. The zero-order chi connectivity index (χ0) is 42.5. The Kier molecular flexibility index (Phi) is 11.9. The van der Waals surface area contributed by atoms with Crippen molar-refractivity contribution >= 4 is 44.9 Å².